The van der Waals surface area contributed by atoms with Crippen molar-refractivity contribution < 1.29 is 23.3 Å². The Bertz CT molecular complexity index is 917. The number of hydrogen-bond donors (Lipinski definition) is 0. The van der Waals surface area contributed by atoms with Gasteiger partial charge in [-0.3, -0.25) is 8.61 Å². The fourth-order valence-corrected chi connectivity index (χ4v) is 3.33. The van der Waals surface area contributed by atoms with Gasteiger partial charge in [0.25, 0.3) is 0 Å². The van der Waals surface area contributed by atoms with E-state index in [1.54, 1.807) is 47.7 Å². The summed E-state index contributed by atoms with van der Waals surface area (Å²) in [6.07, 6.45) is 2.56. The molecule has 0 aliphatic heterocycles. The molecule has 0 saturated carbocycles. The zero-order chi connectivity index (χ0) is 21.4. The molecule has 28 heavy (non-hydrogen) atoms. The van der Waals surface area contributed by atoms with Gasteiger partial charge in [0, 0.05) is 18.6 Å². The van der Waals surface area contributed by atoms with Crippen LogP contribution in [0.15, 0.2) is 22.0 Å². The predicted octanol–water partition coefficient (Wildman–Crippen LogP) is 3.91. The third-order valence-corrected chi connectivity index (χ3v) is 4.57. The number of ether oxygens (including phenoxy) is 2. The number of amides is 2. The minimum absolute atomic E-state index is 0.114. The monoisotopic (exact) mass is 474 g/mol. The number of imidazole rings is 1. The minimum Gasteiger partial charge on any atom is -0.443 e. The van der Waals surface area contributed by atoms with E-state index in [0.29, 0.717) is 10.5 Å². The molecule has 0 aliphatic carbocycles. The summed E-state index contributed by atoms with van der Waals surface area (Å²) < 4.78 is 24.7. The van der Waals surface area contributed by atoms with Crippen LogP contribution in [0.5, 0.6) is 0 Å². The van der Waals surface area contributed by atoms with Crippen LogP contribution < -0.4 is 4.90 Å². The molecular weight excluding hydrogens is 452 g/mol. The van der Waals surface area contributed by atoms with Crippen LogP contribution in [0.1, 0.15) is 41.5 Å². The first-order valence-electron chi connectivity index (χ1n) is 8.33. The SMILES string of the molecule is CS(=O)c1nc(N(C(=O)OC(C)(C)C)C(=O)OC(C)(C)C)c(Br)c2nccn12. The molecule has 0 saturated heterocycles. The maximum Gasteiger partial charge on any atom is 0.425 e. The van der Waals surface area contributed by atoms with Crippen molar-refractivity contribution in [3.8, 4) is 0 Å². The lowest BCUT2D eigenvalue weighted by Gasteiger charge is -2.28. The van der Waals surface area contributed by atoms with Gasteiger partial charge >= 0.3 is 12.2 Å². The van der Waals surface area contributed by atoms with Gasteiger partial charge in [0.1, 0.15) is 15.7 Å². The van der Waals surface area contributed by atoms with E-state index in [0.717, 1.165) is 0 Å². The molecule has 0 N–H and O–H groups in total. The number of nitrogens with zero attached hydrogens (tertiary/aromatic N) is 4. The average molecular weight is 475 g/mol. The summed E-state index contributed by atoms with van der Waals surface area (Å²) in [5.74, 6) is -0.118. The van der Waals surface area contributed by atoms with Gasteiger partial charge in [-0.25, -0.2) is 19.6 Å². The van der Waals surface area contributed by atoms with Crippen LogP contribution >= 0.6 is 15.9 Å². The molecule has 154 valence electrons. The number of aromatic nitrogens is 3. The van der Waals surface area contributed by atoms with Crippen molar-refractivity contribution in [1.29, 1.82) is 0 Å². The van der Waals surface area contributed by atoms with E-state index in [9.17, 15) is 13.8 Å². The van der Waals surface area contributed by atoms with Crippen LogP contribution in [0, 0.1) is 0 Å². The van der Waals surface area contributed by atoms with E-state index in [4.69, 9.17) is 9.47 Å². The quantitative estimate of drug-likeness (QED) is 0.607. The summed E-state index contributed by atoms with van der Waals surface area (Å²) in [5, 5.41) is 0.114. The topological polar surface area (TPSA) is 103 Å². The molecule has 9 nitrogen and oxygen atoms in total. The van der Waals surface area contributed by atoms with E-state index < -0.39 is 34.2 Å². The maximum absolute atomic E-state index is 12.8. The number of rotatable bonds is 2. The molecule has 0 aliphatic rings. The Morgan fingerprint density at radius 1 is 1.11 bits per heavy atom. The van der Waals surface area contributed by atoms with Crippen LogP contribution in [0.25, 0.3) is 5.65 Å². The molecule has 0 spiro atoms. The Morgan fingerprint density at radius 3 is 2.04 bits per heavy atom. The smallest absolute Gasteiger partial charge is 0.425 e. The number of hydrogen-bond acceptors (Lipinski definition) is 7. The van der Waals surface area contributed by atoms with Crippen molar-refractivity contribution in [2.24, 2.45) is 0 Å². The van der Waals surface area contributed by atoms with Crippen LogP contribution in [-0.4, -0.2) is 48.2 Å². The van der Waals surface area contributed by atoms with Gasteiger partial charge in [0.05, 0.1) is 10.8 Å². The van der Waals surface area contributed by atoms with E-state index in [1.165, 1.54) is 16.9 Å². The molecule has 1 unspecified atom stereocenters. The third kappa shape index (κ3) is 5.07. The van der Waals surface area contributed by atoms with Crippen LogP contribution in [0.3, 0.4) is 0 Å². The fraction of sp³-hybridized carbons (Fsp3) is 0.529. The van der Waals surface area contributed by atoms with E-state index >= 15 is 0 Å². The number of anilines is 1. The molecule has 2 amide bonds. The highest BCUT2D eigenvalue weighted by Crippen LogP contribution is 2.31. The van der Waals surface area contributed by atoms with Crippen molar-refractivity contribution in [3.05, 3.63) is 16.9 Å². The number of carbonyl (C=O) groups excluding carboxylic acids is 2. The zero-order valence-corrected chi connectivity index (χ0v) is 19.2. The minimum atomic E-state index is -1.52. The highest BCUT2D eigenvalue weighted by Gasteiger charge is 2.36. The van der Waals surface area contributed by atoms with Crippen molar-refractivity contribution in [2.75, 3.05) is 11.2 Å². The van der Waals surface area contributed by atoms with Crippen LogP contribution in [-0.2, 0) is 20.3 Å². The summed E-state index contributed by atoms with van der Waals surface area (Å²) in [7, 11) is -1.52. The Labute approximate surface area is 174 Å². The van der Waals surface area contributed by atoms with E-state index in [1.807, 2.05) is 0 Å². The molecule has 0 fully saturated rings. The van der Waals surface area contributed by atoms with Gasteiger partial charge in [-0.2, -0.15) is 4.90 Å². The Morgan fingerprint density at radius 2 is 1.61 bits per heavy atom. The van der Waals surface area contributed by atoms with Crippen molar-refractivity contribution in [3.63, 3.8) is 0 Å². The average Bonchev–Trinajstić information content (AvgIpc) is 2.95. The normalized spacial score (nSPS) is 13.3. The molecular formula is C17H23BrN4O5S. The van der Waals surface area contributed by atoms with Crippen LogP contribution in [0.4, 0.5) is 15.4 Å². The van der Waals surface area contributed by atoms with E-state index in [-0.39, 0.29) is 15.4 Å². The fourth-order valence-electron chi connectivity index (χ4n) is 2.13. The first-order chi connectivity index (χ1) is 12.7. The summed E-state index contributed by atoms with van der Waals surface area (Å²) >= 11 is 3.34. The molecule has 2 aromatic heterocycles. The lowest BCUT2D eigenvalue weighted by molar-refractivity contribution is 0.0428. The van der Waals surface area contributed by atoms with Crippen molar-refractivity contribution in [1.82, 2.24) is 14.4 Å². The van der Waals surface area contributed by atoms with Gasteiger partial charge < -0.3 is 9.47 Å². The third-order valence-electron chi connectivity index (χ3n) is 3.06. The van der Waals surface area contributed by atoms with Crippen LogP contribution in [0.2, 0.25) is 0 Å². The Kier molecular flexibility index (Phi) is 6.19. The lowest BCUT2D eigenvalue weighted by atomic mass is 10.2. The van der Waals surface area contributed by atoms with Crippen molar-refractivity contribution >= 4 is 50.4 Å². The lowest BCUT2D eigenvalue weighted by Crippen LogP contribution is -2.44. The maximum atomic E-state index is 12.8. The van der Waals surface area contributed by atoms with Gasteiger partial charge in [-0.15, -0.1) is 0 Å². The molecule has 0 bridgehead atoms. The highest BCUT2D eigenvalue weighted by atomic mass is 79.9. The zero-order valence-electron chi connectivity index (χ0n) is 16.8. The van der Waals surface area contributed by atoms with Crippen molar-refractivity contribution in [2.45, 2.75) is 57.9 Å². The summed E-state index contributed by atoms with van der Waals surface area (Å²) in [5.41, 5.74) is -1.39. The molecule has 2 rings (SSSR count). The molecule has 0 radical (unpaired) electrons. The Balaban J connectivity index is 2.69. The Hall–Kier alpha value is -2.01. The predicted molar refractivity (Wildman–Crippen MR) is 108 cm³/mol. The standard InChI is InChI=1S/C17H23BrN4O5S/c1-16(2,3)26-14(23)22(15(24)27-17(4,5)6)12-10(18)11-19-8-9-21(11)13(20-12)28(7)25/h8-9H,1-7H3. The summed E-state index contributed by atoms with van der Waals surface area (Å²) in [6, 6.07) is 0. The number of imide groups is 1. The number of carbonyl (C=O) groups is 2. The molecule has 0 aromatic carbocycles. The second kappa shape index (κ2) is 7.78. The first-order valence-corrected chi connectivity index (χ1v) is 10.7. The van der Waals surface area contributed by atoms with Gasteiger partial charge in [0.15, 0.2) is 11.5 Å². The largest absolute Gasteiger partial charge is 0.443 e. The number of halogens is 1. The van der Waals surface area contributed by atoms with E-state index in [2.05, 4.69) is 25.9 Å². The molecule has 11 heteroatoms. The summed E-state index contributed by atoms with van der Waals surface area (Å²) in [6.45, 7) is 10.0. The van der Waals surface area contributed by atoms with Gasteiger partial charge in [-0.1, -0.05) is 0 Å². The second-order valence-corrected chi connectivity index (χ2v) is 9.97. The highest BCUT2D eigenvalue weighted by molar-refractivity contribution is 9.10. The number of fused-ring (bicyclic) bond motifs is 1. The first kappa shape index (κ1) is 22.3. The second-order valence-electron chi connectivity index (χ2n) is 7.90. The molecule has 2 aromatic rings. The summed E-state index contributed by atoms with van der Waals surface area (Å²) in [4.78, 5) is 34.8. The van der Waals surface area contributed by atoms with Gasteiger partial charge in [-0.05, 0) is 57.5 Å². The van der Waals surface area contributed by atoms with Gasteiger partial charge in [0.2, 0.25) is 5.16 Å². The molecule has 1 atom stereocenters. The molecule has 2 heterocycles.